The van der Waals surface area contributed by atoms with Gasteiger partial charge < -0.3 is 9.73 Å². The first kappa shape index (κ1) is 15.5. The highest BCUT2D eigenvalue weighted by molar-refractivity contribution is 5.75. The molecule has 2 aromatic rings. The van der Waals surface area contributed by atoms with Gasteiger partial charge in [0.1, 0.15) is 12.3 Å². The molecule has 0 atom stereocenters. The summed E-state index contributed by atoms with van der Waals surface area (Å²) in [5.74, 6) is 0.616. The Morgan fingerprint density at radius 3 is 3.00 bits per heavy atom. The zero-order valence-corrected chi connectivity index (χ0v) is 13.1. The van der Waals surface area contributed by atoms with Gasteiger partial charge in [0.25, 0.3) is 5.56 Å². The Labute approximate surface area is 134 Å². The summed E-state index contributed by atoms with van der Waals surface area (Å²) in [6, 6.07) is 5.32. The minimum atomic E-state index is -0.209. The fraction of sp³-hybridized carbons (Fsp3) is 0.471. The van der Waals surface area contributed by atoms with Crippen LogP contribution in [0.1, 0.15) is 36.3 Å². The number of nitrogens with one attached hydrogen (secondary N) is 1. The van der Waals surface area contributed by atoms with Gasteiger partial charge in [-0.05, 0) is 43.4 Å². The number of fused-ring (bicyclic) bond motifs is 1. The molecule has 6 heteroatoms. The van der Waals surface area contributed by atoms with E-state index in [1.54, 1.807) is 12.3 Å². The second kappa shape index (κ2) is 7.26. The third-order valence-electron chi connectivity index (χ3n) is 4.09. The minimum Gasteiger partial charge on any atom is -0.469 e. The lowest BCUT2D eigenvalue weighted by molar-refractivity contribution is -0.121. The Bertz CT molecular complexity index is 719. The number of furan rings is 1. The summed E-state index contributed by atoms with van der Waals surface area (Å²) in [5, 5.41) is 7.19. The molecule has 122 valence electrons. The maximum absolute atomic E-state index is 12.1. The third kappa shape index (κ3) is 4.09. The Hall–Kier alpha value is -2.37. The first-order valence-corrected chi connectivity index (χ1v) is 8.11. The van der Waals surface area contributed by atoms with Gasteiger partial charge in [0.15, 0.2) is 0 Å². The number of hydrogen-bond donors (Lipinski definition) is 1. The van der Waals surface area contributed by atoms with E-state index >= 15 is 0 Å². The molecule has 0 fully saturated rings. The molecule has 3 rings (SSSR count). The van der Waals surface area contributed by atoms with Crippen LogP contribution in [0.5, 0.6) is 0 Å². The third-order valence-corrected chi connectivity index (χ3v) is 4.09. The van der Waals surface area contributed by atoms with E-state index in [1.807, 2.05) is 12.1 Å². The first-order chi connectivity index (χ1) is 11.2. The largest absolute Gasteiger partial charge is 0.469 e. The molecule has 6 nitrogen and oxygen atoms in total. The lowest BCUT2D eigenvalue weighted by Crippen LogP contribution is -2.35. The van der Waals surface area contributed by atoms with Gasteiger partial charge in [-0.25, -0.2) is 4.68 Å². The molecule has 1 aliphatic rings. The van der Waals surface area contributed by atoms with Crippen molar-refractivity contribution in [1.29, 1.82) is 0 Å². The lowest BCUT2D eigenvalue weighted by Gasteiger charge is -2.10. The monoisotopic (exact) mass is 315 g/mol. The number of aryl methyl sites for hydroxylation is 2. The summed E-state index contributed by atoms with van der Waals surface area (Å²) in [7, 11) is 0. The Morgan fingerprint density at radius 1 is 1.30 bits per heavy atom. The zero-order chi connectivity index (χ0) is 16.1. The fourth-order valence-corrected chi connectivity index (χ4v) is 2.86. The van der Waals surface area contributed by atoms with Gasteiger partial charge in [-0.15, -0.1) is 0 Å². The summed E-state index contributed by atoms with van der Waals surface area (Å²) in [4.78, 5) is 24.1. The predicted octanol–water partition coefficient (Wildman–Crippen LogP) is 1.46. The van der Waals surface area contributed by atoms with E-state index in [4.69, 9.17) is 4.42 Å². The van der Waals surface area contributed by atoms with Gasteiger partial charge in [0, 0.05) is 19.0 Å². The number of hydrogen-bond acceptors (Lipinski definition) is 4. The van der Waals surface area contributed by atoms with Crippen LogP contribution in [-0.2, 0) is 30.6 Å². The van der Waals surface area contributed by atoms with Gasteiger partial charge in [-0.2, -0.15) is 5.10 Å². The Balaban J connectivity index is 1.59. The van der Waals surface area contributed by atoms with Crippen LogP contribution >= 0.6 is 0 Å². The van der Waals surface area contributed by atoms with Crippen molar-refractivity contribution in [3.8, 4) is 0 Å². The van der Waals surface area contributed by atoms with Crippen molar-refractivity contribution in [2.75, 3.05) is 6.54 Å². The summed E-state index contributed by atoms with van der Waals surface area (Å²) in [5.41, 5.74) is 1.80. The quantitative estimate of drug-likeness (QED) is 0.848. The average Bonchev–Trinajstić information content (AvgIpc) is 2.94. The average molecular weight is 315 g/mol. The molecule has 0 radical (unpaired) electrons. The van der Waals surface area contributed by atoms with Gasteiger partial charge in [-0.1, -0.05) is 6.42 Å². The molecule has 1 N–H and O–H groups in total. The van der Waals surface area contributed by atoms with E-state index < -0.39 is 0 Å². The topological polar surface area (TPSA) is 77.1 Å². The van der Waals surface area contributed by atoms with Crippen molar-refractivity contribution in [1.82, 2.24) is 15.1 Å². The minimum absolute atomic E-state index is 0.0374. The normalized spacial score (nSPS) is 14.1. The van der Waals surface area contributed by atoms with Crippen LogP contribution in [-0.4, -0.2) is 22.2 Å². The van der Waals surface area contributed by atoms with Gasteiger partial charge in [-0.3, -0.25) is 9.59 Å². The summed E-state index contributed by atoms with van der Waals surface area (Å²) in [6.07, 6.45) is 7.39. The standard InChI is InChI=1S/C17H21N3O3/c21-16(18-9-8-14-6-4-10-23-14)12-20-17(22)11-13-5-2-1-3-7-15(13)19-20/h4,6,10-11H,1-3,5,7-9,12H2,(H,18,21). The SMILES string of the molecule is O=C(Cn1nc2c(cc1=O)CCCCC2)NCCc1ccco1. The molecule has 2 heterocycles. The maximum Gasteiger partial charge on any atom is 0.267 e. The van der Waals surface area contributed by atoms with E-state index in [-0.39, 0.29) is 18.0 Å². The Kier molecular flexibility index (Phi) is 4.90. The first-order valence-electron chi connectivity index (χ1n) is 8.11. The molecule has 0 saturated heterocycles. The zero-order valence-electron chi connectivity index (χ0n) is 13.1. The number of carbonyl (C=O) groups excluding carboxylic acids is 1. The fourth-order valence-electron chi connectivity index (χ4n) is 2.86. The molecule has 0 saturated carbocycles. The van der Waals surface area contributed by atoms with Crippen LogP contribution in [0.15, 0.2) is 33.7 Å². The van der Waals surface area contributed by atoms with Gasteiger partial charge in [0.2, 0.25) is 5.91 Å². The predicted molar refractivity (Wildman–Crippen MR) is 85.2 cm³/mol. The van der Waals surface area contributed by atoms with Crippen LogP contribution < -0.4 is 10.9 Å². The Morgan fingerprint density at radius 2 is 2.17 bits per heavy atom. The molecule has 1 aliphatic carbocycles. The number of carbonyl (C=O) groups is 1. The highest BCUT2D eigenvalue weighted by Gasteiger charge is 2.13. The molecule has 0 spiro atoms. The van der Waals surface area contributed by atoms with Crippen molar-refractivity contribution in [3.05, 3.63) is 51.8 Å². The van der Waals surface area contributed by atoms with Crippen LogP contribution in [0.2, 0.25) is 0 Å². The molecule has 0 aliphatic heterocycles. The molecular weight excluding hydrogens is 294 g/mol. The molecule has 0 unspecified atom stereocenters. The van der Waals surface area contributed by atoms with Gasteiger partial charge in [0.05, 0.1) is 12.0 Å². The van der Waals surface area contributed by atoms with Crippen LogP contribution in [0.25, 0.3) is 0 Å². The molecular formula is C17H21N3O3. The van der Waals surface area contributed by atoms with Crippen LogP contribution in [0.4, 0.5) is 0 Å². The second-order valence-electron chi connectivity index (χ2n) is 5.85. The molecule has 0 aromatic carbocycles. The van der Waals surface area contributed by atoms with Crippen molar-refractivity contribution in [2.45, 2.75) is 45.1 Å². The number of rotatable bonds is 5. The maximum atomic E-state index is 12.1. The number of aromatic nitrogens is 2. The van der Waals surface area contributed by atoms with Crippen LogP contribution in [0.3, 0.4) is 0 Å². The highest BCUT2D eigenvalue weighted by Crippen LogP contribution is 2.16. The molecule has 0 bridgehead atoms. The van der Waals surface area contributed by atoms with Crippen molar-refractivity contribution < 1.29 is 9.21 Å². The van der Waals surface area contributed by atoms with Crippen molar-refractivity contribution >= 4 is 5.91 Å². The van der Waals surface area contributed by atoms with E-state index in [9.17, 15) is 9.59 Å². The number of nitrogens with zero attached hydrogens (tertiary/aromatic N) is 2. The van der Waals surface area contributed by atoms with Crippen molar-refractivity contribution in [3.63, 3.8) is 0 Å². The van der Waals surface area contributed by atoms with E-state index in [1.165, 1.54) is 4.68 Å². The summed E-state index contributed by atoms with van der Waals surface area (Å²) >= 11 is 0. The summed E-state index contributed by atoms with van der Waals surface area (Å²) < 4.78 is 6.48. The molecule has 2 aromatic heterocycles. The molecule has 1 amide bonds. The van der Waals surface area contributed by atoms with Crippen LogP contribution in [0, 0.1) is 0 Å². The second-order valence-corrected chi connectivity index (χ2v) is 5.85. The smallest absolute Gasteiger partial charge is 0.267 e. The lowest BCUT2D eigenvalue weighted by atomic mass is 10.1. The van der Waals surface area contributed by atoms with Gasteiger partial charge >= 0.3 is 0 Å². The summed E-state index contributed by atoms with van der Waals surface area (Å²) in [6.45, 7) is 0.441. The molecule has 23 heavy (non-hydrogen) atoms. The number of amides is 1. The van der Waals surface area contributed by atoms with Crippen molar-refractivity contribution in [2.24, 2.45) is 0 Å². The highest BCUT2D eigenvalue weighted by atomic mass is 16.3. The van der Waals surface area contributed by atoms with E-state index in [2.05, 4.69) is 10.4 Å². The van der Waals surface area contributed by atoms with E-state index in [0.717, 1.165) is 49.1 Å². The van der Waals surface area contributed by atoms with E-state index in [0.29, 0.717) is 13.0 Å².